The third kappa shape index (κ3) is 4.26. The number of hydrogen-bond acceptors (Lipinski definition) is 2. The zero-order valence-electron chi connectivity index (χ0n) is 16.9. The summed E-state index contributed by atoms with van der Waals surface area (Å²) in [4.78, 5) is 16.0. The Balaban J connectivity index is 1.81. The van der Waals surface area contributed by atoms with Crippen LogP contribution in [0, 0.1) is 11.3 Å². The number of carbonyl (C=O) groups excluding carboxylic acids is 1. The highest BCUT2D eigenvalue weighted by molar-refractivity contribution is 5.78. The summed E-state index contributed by atoms with van der Waals surface area (Å²) < 4.78 is 0. The van der Waals surface area contributed by atoms with Crippen LogP contribution < -0.4 is 4.90 Å². The number of carbonyl (C=O) groups is 1. The van der Waals surface area contributed by atoms with E-state index in [2.05, 4.69) is 37.4 Å². The number of amides is 1. The Morgan fingerprint density at radius 1 is 1.04 bits per heavy atom. The summed E-state index contributed by atoms with van der Waals surface area (Å²) in [5, 5.41) is 9.81. The molecule has 1 saturated carbocycles. The third-order valence-corrected chi connectivity index (χ3v) is 6.09. The summed E-state index contributed by atoms with van der Waals surface area (Å²) in [5.41, 5.74) is 1.74. The molecular formula is C24H30N3O+. The van der Waals surface area contributed by atoms with E-state index in [1.165, 1.54) is 11.1 Å². The molecule has 1 amide bonds. The van der Waals surface area contributed by atoms with E-state index < -0.39 is 5.54 Å². The molecule has 0 aliphatic heterocycles. The van der Waals surface area contributed by atoms with Gasteiger partial charge in [-0.05, 0) is 12.8 Å². The molecule has 1 atom stereocenters. The van der Waals surface area contributed by atoms with E-state index in [-0.39, 0.29) is 11.9 Å². The lowest BCUT2D eigenvalue weighted by Gasteiger charge is -2.39. The van der Waals surface area contributed by atoms with Gasteiger partial charge in [0.05, 0.1) is 13.1 Å². The minimum absolute atomic E-state index is 0.0396. The first-order valence-electron chi connectivity index (χ1n) is 10.2. The fraction of sp³-hybridized carbons (Fsp3) is 0.417. The highest BCUT2D eigenvalue weighted by Crippen LogP contribution is 2.32. The van der Waals surface area contributed by atoms with Crippen LogP contribution >= 0.6 is 0 Å². The van der Waals surface area contributed by atoms with Gasteiger partial charge in [-0.25, -0.2) is 0 Å². The van der Waals surface area contributed by atoms with Gasteiger partial charge in [-0.3, -0.25) is 4.79 Å². The van der Waals surface area contributed by atoms with Gasteiger partial charge in [0.15, 0.2) is 6.54 Å². The first kappa shape index (κ1) is 20.1. The van der Waals surface area contributed by atoms with Crippen LogP contribution in [0.25, 0.3) is 0 Å². The summed E-state index contributed by atoms with van der Waals surface area (Å²) in [6.45, 7) is 0.356. The van der Waals surface area contributed by atoms with E-state index in [0.717, 1.165) is 37.0 Å². The zero-order valence-corrected chi connectivity index (χ0v) is 16.9. The van der Waals surface area contributed by atoms with Gasteiger partial charge in [0.2, 0.25) is 0 Å². The summed E-state index contributed by atoms with van der Waals surface area (Å²) in [6.07, 6.45) is 4.76. The number of nitriles is 1. The molecule has 0 radical (unpaired) electrons. The molecule has 2 aromatic carbocycles. The molecule has 0 aromatic heterocycles. The van der Waals surface area contributed by atoms with Crippen LogP contribution in [0.15, 0.2) is 60.7 Å². The van der Waals surface area contributed by atoms with Crippen molar-refractivity contribution in [2.45, 2.75) is 43.7 Å². The smallest absolute Gasteiger partial charge is 0.278 e. The molecule has 146 valence electrons. The number of nitrogens with zero attached hydrogens (tertiary/aromatic N) is 2. The Kier molecular flexibility index (Phi) is 6.49. The number of rotatable bonds is 6. The minimum Gasteiger partial charge on any atom is -0.322 e. The summed E-state index contributed by atoms with van der Waals surface area (Å²) >= 11 is 0. The predicted molar refractivity (Wildman–Crippen MR) is 111 cm³/mol. The topological polar surface area (TPSA) is 48.5 Å². The van der Waals surface area contributed by atoms with Crippen molar-refractivity contribution < 1.29 is 9.69 Å². The number of quaternary nitrogens is 1. The minimum atomic E-state index is -0.634. The fourth-order valence-corrected chi connectivity index (χ4v) is 4.41. The summed E-state index contributed by atoms with van der Waals surface area (Å²) in [7, 11) is 3.88. The van der Waals surface area contributed by atoms with Crippen molar-refractivity contribution in [1.29, 1.82) is 5.26 Å². The van der Waals surface area contributed by atoms with Gasteiger partial charge in [0.25, 0.3) is 5.91 Å². The monoisotopic (exact) mass is 376 g/mol. The molecule has 1 aliphatic carbocycles. The molecule has 0 heterocycles. The second-order valence-electron chi connectivity index (χ2n) is 7.93. The molecule has 1 aliphatic rings. The third-order valence-electron chi connectivity index (χ3n) is 6.09. The quantitative estimate of drug-likeness (QED) is 0.843. The van der Waals surface area contributed by atoms with Crippen LogP contribution in [0.1, 0.15) is 49.3 Å². The van der Waals surface area contributed by atoms with Crippen molar-refractivity contribution in [2.24, 2.45) is 0 Å². The Morgan fingerprint density at radius 3 is 2.00 bits per heavy atom. The zero-order chi connectivity index (χ0) is 20.0. The Bertz CT molecular complexity index is 767. The predicted octanol–water partition coefficient (Wildman–Crippen LogP) is 2.98. The number of hydrogen-bond donors (Lipinski definition) is 1. The van der Waals surface area contributed by atoms with Crippen LogP contribution in [0.5, 0.6) is 0 Å². The van der Waals surface area contributed by atoms with Crippen molar-refractivity contribution >= 4 is 5.91 Å². The molecule has 0 saturated heterocycles. The number of likely N-dealkylation sites (N-methyl/N-ethyl adjacent to an activating group) is 2. The second-order valence-corrected chi connectivity index (χ2v) is 7.93. The maximum absolute atomic E-state index is 13.1. The maximum atomic E-state index is 13.1. The van der Waals surface area contributed by atoms with Crippen molar-refractivity contribution in [1.82, 2.24) is 4.90 Å². The van der Waals surface area contributed by atoms with Crippen LogP contribution in [-0.4, -0.2) is 37.0 Å². The van der Waals surface area contributed by atoms with E-state index in [1.54, 1.807) is 4.90 Å². The van der Waals surface area contributed by atoms with Crippen LogP contribution in [0.3, 0.4) is 0 Å². The van der Waals surface area contributed by atoms with E-state index in [9.17, 15) is 10.1 Å². The van der Waals surface area contributed by atoms with Crippen molar-refractivity contribution in [3.63, 3.8) is 0 Å². The van der Waals surface area contributed by atoms with Crippen LogP contribution in [0.4, 0.5) is 0 Å². The van der Waals surface area contributed by atoms with E-state index >= 15 is 0 Å². The van der Waals surface area contributed by atoms with Gasteiger partial charge < -0.3 is 9.80 Å². The largest absolute Gasteiger partial charge is 0.322 e. The van der Waals surface area contributed by atoms with Crippen LogP contribution in [0.2, 0.25) is 0 Å². The second kappa shape index (κ2) is 9.03. The molecule has 0 bridgehead atoms. The average Bonchev–Trinajstić information content (AvgIpc) is 2.75. The summed E-state index contributed by atoms with van der Waals surface area (Å²) in [5.74, 6) is 0.0396. The molecule has 0 spiro atoms. The van der Waals surface area contributed by atoms with Gasteiger partial charge in [-0.2, -0.15) is 5.26 Å². The lowest BCUT2D eigenvalue weighted by Crippen LogP contribution is -3.10. The van der Waals surface area contributed by atoms with E-state index in [1.807, 2.05) is 43.4 Å². The van der Waals surface area contributed by atoms with Crippen molar-refractivity contribution in [3.8, 4) is 6.07 Å². The number of nitrogens with one attached hydrogen (secondary N) is 1. The highest BCUT2D eigenvalue weighted by atomic mass is 16.2. The normalized spacial score (nSPS) is 16.9. The first-order valence-corrected chi connectivity index (χ1v) is 10.2. The van der Waals surface area contributed by atoms with Gasteiger partial charge in [0, 0.05) is 18.2 Å². The lowest BCUT2D eigenvalue weighted by molar-refractivity contribution is -0.898. The molecule has 1 N–H and O–H groups in total. The Labute approximate surface area is 168 Å². The highest BCUT2D eigenvalue weighted by Gasteiger charge is 2.40. The molecular weight excluding hydrogens is 346 g/mol. The van der Waals surface area contributed by atoms with Gasteiger partial charge in [-0.15, -0.1) is 0 Å². The summed E-state index contributed by atoms with van der Waals surface area (Å²) in [6, 6.07) is 23.2. The molecule has 1 fully saturated rings. The Morgan fingerprint density at radius 2 is 1.54 bits per heavy atom. The molecule has 4 nitrogen and oxygen atoms in total. The van der Waals surface area contributed by atoms with E-state index in [4.69, 9.17) is 0 Å². The van der Waals surface area contributed by atoms with Gasteiger partial charge >= 0.3 is 0 Å². The van der Waals surface area contributed by atoms with Crippen molar-refractivity contribution in [2.75, 3.05) is 20.6 Å². The molecule has 28 heavy (non-hydrogen) atoms. The SMILES string of the molecule is CN(C(=O)C[NH+](C)C(c1ccccc1)c1ccccc1)C1(C#N)CCCCC1. The molecule has 2 aromatic rings. The maximum Gasteiger partial charge on any atom is 0.278 e. The fourth-order valence-electron chi connectivity index (χ4n) is 4.41. The number of benzene rings is 2. The molecule has 4 heteroatoms. The van der Waals surface area contributed by atoms with Crippen LogP contribution in [-0.2, 0) is 4.79 Å². The molecule has 1 unspecified atom stereocenters. The van der Waals surface area contributed by atoms with Crippen molar-refractivity contribution in [3.05, 3.63) is 71.8 Å². The van der Waals surface area contributed by atoms with Gasteiger partial charge in [0.1, 0.15) is 11.6 Å². The first-order chi connectivity index (χ1) is 13.6. The van der Waals surface area contributed by atoms with Gasteiger partial charge in [-0.1, -0.05) is 79.9 Å². The Hall–Kier alpha value is -2.64. The standard InChI is InChI=1S/C24H29N3O/c1-26(18-22(28)27(2)24(19-25)16-10-5-11-17-24)23(20-12-6-3-7-13-20)21-14-8-4-9-15-21/h3-4,6-9,12-15,23H,5,10-11,16-18H2,1-2H3/p+1. The lowest BCUT2D eigenvalue weighted by atomic mass is 9.81. The average molecular weight is 377 g/mol. The molecule has 3 rings (SSSR count). The van der Waals surface area contributed by atoms with E-state index in [0.29, 0.717) is 6.54 Å².